The fraction of sp³-hybridized carbons (Fsp3) is 0.333. The van der Waals surface area contributed by atoms with E-state index in [-0.39, 0.29) is 23.0 Å². The molecule has 0 aliphatic carbocycles. The van der Waals surface area contributed by atoms with Crippen molar-refractivity contribution in [3.63, 3.8) is 0 Å². The zero-order chi connectivity index (χ0) is 14.2. The second-order valence-corrected chi connectivity index (χ2v) is 5.16. The van der Waals surface area contributed by atoms with Crippen molar-refractivity contribution < 1.29 is 19.1 Å². The monoisotopic (exact) mass is 330 g/mol. The molecule has 1 aromatic rings. The molecule has 1 aliphatic heterocycles. The number of carbonyl (C=O) groups excluding carboxylic acids is 2. The minimum atomic E-state index is -0.863. The van der Waals surface area contributed by atoms with Gasteiger partial charge in [-0.3, -0.25) is 9.59 Å². The fourth-order valence-corrected chi connectivity index (χ4v) is 2.57. The third kappa shape index (κ3) is 2.62. The Morgan fingerprint density at radius 3 is 2.79 bits per heavy atom. The zero-order valence-electron chi connectivity index (χ0n) is 9.85. The van der Waals surface area contributed by atoms with Crippen LogP contribution in [0.15, 0.2) is 22.7 Å². The highest BCUT2D eigenvalue weighted by Crippen LogP contribution is 2.26. The maximum atomic E-state index is 13.4. The number of hydrogen-bond donors (Lipinski definition) is 2. The average Bonchev–Trinajstić information content (AvgIpc) is 2.74. The first-order valence-electron chi connectivity index (χ1n) is 5.64. The second kappa shape index (κ2) is 5.26. The Morgan fingerprint density at radius 2 is 2.16 bits per heavy atom. The molecule has 0 aromatic heterocycles. The zero-order valence-corrected chi connectivity index (χ0v) is 11.4. The maximum absolute atomic E-state index is 13.4. The number of primary amides is 1. The number of nitrogens with two attached hydrogens (primary N) is 1. The van der Waals surface area contributed by atoms with Crippen molar-refractivity contribution in [3.05, 3.63) is 34.1 Å². The van der Waals surface area contributed by atoms with E-state index in [1.54, 1.807) is 0 Å². The molecule has 0 bridgehead atoms. The lowest BCUT2D eigenvalue weighted by molar-refractivity contribution is -0.121. The summed E-state index contributed by atoms with van der Waals surface area (Å²) in [6, 6.07) is 3.19. The summed E-state index contributed by atoms with van der Waals surface area (Å²) in [7, 11) is 0. The van der Waals surface area contributed by atoms with Crippen LogP contribution in [0.5, 0.6) is 0 Å². The first-order valence-corrected chi connectivity index (χ1v) is 6.43. The molecule has 0 spiro atoms. The van der Waals surface area contributed by atoms with Gasteiger partial charge in [0.1, 0.15) is 11.9 Å². The first kappa shape index (κ1) is 14.0. The minimum Gasteiger partial charge on any atom is -0.391 e. The SMILES string of the molecule is NC(=O)C1CC(O)CN1C(=O)c1cccc(F)c1Br. The van der Waals surface area contributed by atoms with E-state index >= 15 is 0 Å². The van der Waals surface area contributed by atoms with Gasteiger partial charge in [0.15, 0.2) is 0 Å². The van der Waals surface area contributed by atoms with Gasteiger partial charge in [0.25, 0.3) is 5.91 Å². The lowest BCUT2D eigenvalue weighted by Crippen LogP contribution is -2.43. The fourth-order valence-electron chi connectivity index (χ4n) is 2.13. The number of benzene rings is 1. The molecule has 3 N–H and O–H groups in total. The van der Waals surface area contributed by atoms with Crippen LogP contribution in [0.3, 0.4) is 0 Å². The van der Waals surface area contributed by atoms with Crippen LogP contribution in [0.25, 0.3) is 0 Å². The Bertz CT molecular complexity index is 538. The average molecular weight is 331 g/mol. The first-order chi connectivity index (χ1) is 8.91. The molecule has 0 saturated carbocycles. The molecule has 2 rings (SSSR count). The number of halogens is 2. The summed E-state index contributed by atoms with van der Waals surface area (Å²) in [6.07, 6.45) is -0.692. The smallest absolute Gasteiger partial charge is 0.255 e. The molecule has 7 heteroatoms. The predicted octanol–water partition coefficient (Wildman–Crippen LogP) is 0.649. The number of aliphatic hydroxyl groups excluding tert-OH is 1. The highest BCUT2D eigenvalue weighted by Gasteiger charge is 2.38. The van der Waals surface area contributed by atoms with Crippen LogP contribution in [0.1, 0.15) is 16.8 Å². The lowest BCUT2D eigenvalue weighted by atomic mass is 10.1. The molecule has 1 saturated heterocycles. The van der Waals surface area contributed by atoms with Crippen LogP contribution in [0.2, 0.25) is 0 Å². The van der Waals surface area contributed by atoms with E-state index in [1.165, 1.54) is 23.1 Å². The summed E-state index contributed by atoms with van der Waals surface area (Å²) in [4.78, 5) is 24.7. The third-order valence-electron chi connectivity index (χ3n) is 3.05. The van der Waals surface area contributed by atoms with Crippen LogP contribution in [0, 0.1) is 5.82 Å². The van der Waals surface area contributed by atoms with E-state index < -0.39 is 29.8 Å². The van der Waals surface area contributed by atoms with Gasteiger partial charge in [0, 0.05) is 13.0 Å². The maximum Gasteiger partial charge on any atom is 0.255 e. The van der Waals surface area contributed by atoms with Crippen LogP contribution >= 0.6 is 15.9 Å². The van der Waals surface area contributed by atoms with Crippen molar-refractivity contribution in [2.75, 3.05) is 6.54 Å². The number of aliphatic hydroxyl groups is 1. The Balaban J connectivity index is 2.33. The quantitative estimate of drug-likeness (QED) is 0.835. The summed E-state index contributed by atoms with van der Waals surface area (Å²) in [6.45, 7) is 0.00932. The van der Waals surface area contributed by atoms with Gasteiger partial charge in [-0.25, -0.2) is 4.39 Å². The molecule has 2 atom stereocenters. The van der Waals surface area contributed by atoms with Gasteiger partial charge in [0.2, 0.25) is 5.91 Å². The highest BCUT2D eigenvalue weighted by molar-refractivity contribution is 9.10. The standard InChI is InChI=1S/C12H12BrFN2O3/c13-10-7(2-1-3-8(10)14)12(19)16-5-6(17)4-9(16)11(15)18/h1-3,6,9,17H,4-5H2,(H2,15,18). The van der Waals surface area contributed by atoms with Gasteiger partial charge in [-0.1, -0.05) is 6.07 Å². The third-order valence-corrected chi connectivity index (χ3v) is 3.86. The van der Waals surface area contributed by atoms with Gasteiger partial charge < -0.3 is 15.7 Å². The van der Waals surface area contributed by atoms with Crippen LogP contribution in [-0.4, -0.2) is 40.5 Å². The minimum absolute atomic E-state index is 0.00932. The number of rotatable bonds is 2. The van der Waals surface area contributed by atoms with Gasteiger partial charge in [-0.05, 0) is 28.1 Å². The van der Waals surface area contributed by atoms with E-state index in [0.717, 1.165) is 0 Å². The Hall–Kier alpha value is -1.47. The van der Waals surface area contributed by atoms with Crippen molar-refractivity contribution >= 4 is 27.7 Å². The van der Waals surface area contributed by atoms with Crippen molar-refractivity contribution in [2.24, 2.45) is 5.73 Å². The number of likely N-dealkylation sites (tertiary alicyclic amines) is 1. The number of β-amino-alcohol motifs (C(OH)–C–C–N with tert-alkyl or cyclic N) is 1. The molecule has 0 radical (unpaired) electrons. The normalized spacial score (nSPS) is 22.6. The number of carbonyl (C=O) groups is 2. The lowest BCUT2D eigenvalue weighted by Gasteiger charge is -2.22. The van der Waals surface area contributed by atoms with Crippen molar-refractivity contribution in [3.8, 4) is 0 Å². The Kier molecular flexibility index (Phi) is 3.86. The van der Waals surface area contributed by atoms with Crippen molar-refractivity contribution in [1.29, 1.82) is 0 Å². The van der Waals surface area contributed by atoms with Gasteiger partial charge in [0.05, 0.1) is 16.1 Å². The molecule has 1 aromatic carbocycles. The largest absolute Gasteiger partial charge is 0.391 e. The molecule has 5 nitrogen and oxygen atoms in total. The number of hydrogen-bond acceptors (Lipinski definition) is 3. The number of amides is 2. The molecular weight excluding hydrogens is 319 g/mol. The summed E-state index contributed by atoms with van der Waals surface area (Å²) in [5.74, 6) is -1.79. The summed E-state index contributed by atoms with van der Waals surface area (Å²) < 4.78 is 13.4. The second-order valence-electron chi connectivity index (χ2n) is 4.37. The van der Waals surface area contributed by atoms with Crippen LogP contribution < -0.4 is 5.73 Å². The van der Waals surface area contributed by atoms with Gasteiger partial charge in [-0.15, -0.1) is 0 Å². The molecular formula is C12H12BrFN2O3. The summed E-state index contributed by atoms with van der Waals surface area (Å²) in [5.41, 5.74) is 5.30. The Labute approximate surface area is 117 Å². The van der Waals surface area contributed by atoms with E-state index in [1.807, 2.05) is 0 Å². The van der Waals surface area contributed by atoms with Crippen molar-refractivity contribution in [2.45, 2.75) is 18.6 Å². The van der Waals surface area contributed by atoms with E-state index in [2.05, 4.69) is 15.9 Å². The van der Waals surface area contributed by atoms with Crippen molar-refractivity contribution in [1.82, 2.24) is 4.90 Å². The van der Waals surface area contributed by atoms with Gasteiger partial charge in [-0.2, -0.15) is 0 Å². The van der Waals surface area contributed by atoms with Gasteiger partial charge >= 0.3 is 0 Å². The molecule has 1 aliphatic rings. The molecule has 2 amide bonds. The van der Waals surface area contributed by atoms with E-state index in [9.17, 15) is 19.1 Å². The Morgan fingerprint density at radius 1 is 1.47 bits per heavy atom. The van der Waals surface area contributed by atoms with Crippen LogP contribution in [0.4, 0.5) is 4.39 Å². The topological polar surface area (TPSA) is 83.6 Å². The van der Waals surface area contributed by atoms with E-state index in [0.29, 0.717) is 0 Å². The summed E-state index contributed by atoms with van der Waals surface area (Å²) >= 11 is 3.00. The molecule has 1 fully saturated rings. The van der Waals surface area contributed by atoms with Crippen LogP contribution in [-0.2, 0) is 4.79 Å². The molecule has 2 unspecified atom stereocenters. The number of nitrogens with zero attached hydrogens (tertiary/aromatic N) is 1. The molecule has 1 heterocycles. The van der Waals surface area contributed by atoms with E-state index in [4.69, 9.17) is 5.73 Å². The molecule has 19 heavy (non-hydrogen) atoms. The molecule has 102 valence electrons. The predicted molar refractivity (Wildman–Crippen MR) is 68.7 cm³/mol. The summed E-state index contributed by atoms with van der Waals surface area (Å²) in [5, 5.41) is 9.55. The highest BCUT2D eigenvalue weighted by atomic mass is 79.9.